The van der Waals surface area contributed by atoms with E-state index in [1.165, 1.54) is 6.07 Å². The minimum Gasteiger partial charge on any atom is -0.299 e. The van der Waals surface area contributed by atoms with Crippen LogP contribution in [0.25, 0.3) is 0 Å². The summed E-state index contributed by atoms with van der Waals surface area (Å²) in [6.45, 7) is 0.618. The lowest BCUT2D eigenvalue weighted by atomic mass is 9.86. The molecule has 19 heavy (non-hydrogen) atoms. The van der Waals surface area contributed by atoms with Gasteiger partial charge in [0, 0.05) is 28.5 Å². The highest BCUT2D eigenvalue weighted by molar-refractivity contribution is 9.10. The predicted molar refractivity (Wildman–Crippen MR) is 76.9 cm³/mol. The third kappa shape index (κ3) is 3.77. The SMILES string of the molecule is CN(Cc1cc(Br)ccc1F)C1CCC(C#N)CC1. The Balaban J connectivity index is 1.96. The van der Waals surface area contributed by atoms with Crippen molar-refractivity contribution in [3.8, 4) is 6.07 Å². The third-order valence-corrected chi connectivity index (χ3v) is 4.42. The molecule has 1 aromatic carbocycles. The molecule has 1 fully saturated rings. The average Bonchev–Trinajstić information content (AvgIpc) is 2.43. The summed E-state index contributed by atoms with van der Waals surface area (Å²) in [4.78, 5) is 2.21. The molecule has 0 spiro atoms. The molecule has 1 aliphatic rings. The summed E-state index contributed by atoms with van der Waals surface area (Å²) in [6, 6.07) is 7.87. The van der Waals surface area contributed by atoms with Crippen LogP contribution in [0.3, 0.4) is 0 Å². The smallest absolute Gasteiger partial charge is 0.127 e. The topological polar surface area (TPSA) is 27.0 Å². The molecule has 0 atom stereocenters. The Kier molecular flexibility index (Phi) is 4.95. The molecule has 1 aromatic rings. The first kappa shape index (κ1) is 14.5. The minimum absolute atomic E-state index is 0.152. The van der Waals surface area contributed by atoms with Gasteiger partial charge >= 0.3 is 0 Å². The van der Waals surface area contributed by atoms with E-state index in [-0.39, 0.29) is 11.7 Å². The maximum atomic E-state index is 13.7. The fourth-order valence-corrected chi connectivity index (χ4v) is 3.12. The van der Waals surface area contributed by atoms with Crippen molar-refractivity contribution in [2.45, 2.75) is 38.3 Å². The van der Waals surface area contributed by atoms with Gasteiger partial charge in [-0.2, -0.15) is 5.26 Å². The fourth-order valence-electron chi connectivity index (χ4n) is 2.71. The molecule has 0 unspecified atom stereocenters. The summed E-state index contributed by atoms with van der Waals surface area (Å²) in [6.07, 6.45) is 3.99. The van der Waals surface area contributed by atoms with Gasteiger partial charge in [-0.1, -0.05) is 15.9 Å². The molecule has 0 N–H and O–H groups in total. The van der Waals surface area contributed by atoms with Crippen LogP contribution in [0.4, 0.5) is 4.39 Å². The van der Waals surface area contributed by atoms with Crippen LogP contribution in [-0.4, -0.2) is 18.0 Å². The van der Waals surface area contributed by atoms with Gasteiger partial charge in [-0.05, 0) is 50.9 Å². The fraction of sp³-hybridized carbons (Fsp3) is 0.533. The van der Waals surface area contributed by atoms with Crippen LogP contribution in [0.1, 0.15) is 31.2 Å². The van der Waals surface area contributed by atoms with E-state index in [4.69, 9.17) is 5.26 Å². The zero-order valence-electron chi connectivity index (χ0n) is 11.1. The third-order valence-electron chi connectivity index (χ3n) is 3.93. The Morgan fingerprint density at radius 2 is 2.05 bits per heavy atom. The Bertz CT molecular complexity index is 476. The van der Waals surface area contributed by atoms with Gasteiger partial charge in [0.25, 0.3) is 0 Å². The van der Waals surface area contributed by atoms with Gasteiger partial charge in [0.1, 0.15) is 5.82 Å². The van der Waals surface area contributed by atoms with E-state index in [9.17, 15) is 4.39 Å². The van der Waals surface area contributed by atoms with Crippen LogP contribution >= 0.6 is 15.9 Å². The molecular formula is C15H18BrFN2. The Morgan fingerprint density at radius 3 is 2.68 bits per heavy atom. The Morgan fingerprint density at radius 1 is 1.37 bits per heavy atom. The van der Waals surface area contributed by atoms with Gasteiger partial charge in [0.05, 0.1) is 6.07 Å². The van der Waals surface area contributed by atoms with E-state index >= 15 is 0 Å². The van der Waals surface area contributed by atoms with Crippen molar-refractivity contribution in [3.05, 3.63) is 34.1 Å². The summed E-state index contributed by atoms with van der Waals surface area (Å²) in [5.41, 5.74) is 0.722. The largest absolute Gasteiger partial charge is 0.299 e. The van der Waals surface area contributed by atoms with Gasteiger partial charge in [-0.15, -0.1) is 0 Å². The first-order valence-corrected chi connectivity index (χ1v) is 7.43. The normalized spacial score (nSPS) is 23.3. The molecule has 0 heterocycles. The summed E-state index contributed by atoms with van der Waals surface area (Å²) < 4.78 is 14.6. The zero-order valence-corrected chi connectivity index (χ0v) is 12.7. The summed E-state index contributed by atoms with van der Waals surface area (Å²) in [5, 5.41) is 8.90. The van der Waals surface area contributed by atoms with Crippen molar-refractivity contribution in [2.75, 3.05) is 7.05 Å². The molecule has 0 bridgehead atoms. The van der Waals surface area contributed by atoms with Crippen LogP contribution in [0, 0.1) is 23.1 Å². The first-order chi connectivity index (χ1) is 9.10. The second-order valence-corrected chi connectivity index (χ2v) is 6.20. The Labute approximate surface area is 122 Å². The van der Waals surface area contributed by atoms with Gasteiger partial charge in [0.15, 0.2) is 0 Å². The quantitative estimate of drug-likeness (QED) is 0.836. The van der Waals surface area contributed by atoms with Crippen molar-refractivity contribution < 1.29 is 4.39 Å². The number of nitrogens with zero attached hydrogens (tertiary/aromatic N) is 2. The molecule has 0 radical (unpaired) electrons. The second kappa shape index (κ2) is 6.49. The zero-order chi connectivity index (χ0) is 13.8. The number of nitriles is 1. The lowest BCUT2D eigenvalue weighted by Crippen LogP contribution is -2.34. The number of benzene rings is 1. The lowest BCUT2D eigenvalue weighted by molar-refractivity contribution is 0.170. The second-order valence-electron chi connectivity index (χ2n) is 5.29. The van der Waals surface area contributed by atoms with Crippen molar-refractivity contribution in [3.63, 3.8) is 0 Å². The minimum atomic E-state index is -0.152. The lowest BCUT2D eigenvalue weighted by Gasteiger charge is -2.32. The van der Waals surface area contributed by atoms with E-state index in [1.54, 1.807) is 6.07 Å². The van der Waals surface area contributed by atoms with E-state index in [1.807, 2.05) is 13.1 Å². The molecule has 0 aliphatic heterocycles. The molecule has 0 saturated heterocycles. The standard InChI is InChI=1S/C15H18BrFN2/c1-19(14-5-2-11(9-18)3-6-14)10-12-8-13(16)4-7-15(12)17/h4,7-8,11,14H,2-3,5-6,10H2,1H3. The van der Waals surface area contributed by atoms with Crippen LogP contribution in [-0.2, 0) is 6.54 Å². The van der Waals surface area contributed by atoms with E-state index in [0.29, 0.717) is 12.6 Å². The summed E-state index contributed by atoms with van der Waals surface area (Å²) in [5.74, 6) is 0.0630. The van der Waals surface area contributed by atoms with Gasteiger partial charge in [-0.25, -0.2) is 4.39 Å². The molecule has 1 saturated carbocycles. The molecule has 0 amide bonds. The highest BCUT2D eigenvalue weighted by atomic mass is 79.9. The molecule has 1 aliphatic carbocycles. The average molecular weight is 325 g/mol. The summed E-state index contributed by atoms with van der Waals surface area (Å²) >= 11 is 3.38. The predicted octanol–water partition coefficient (Wildman–Crippen LogP) is 4.10. The van der Waals surface area contributed by atoms with Crippen LogP contribution in [0.5, 0.6) is 0 Å². The highest BCUT2D eigenvalue weighted by Gasteiger charge is 2.24. The van der Waals surface area contributed by atoms with Gasteiger partial charge < -0.3 is 0 Å². The van der Waals surface area contributed by atoms with Crippen molar-refractivity contribution >= 4 is 15.9 Å². The summed E-state index contributed by atoms with van der Waals surface area (Å²) in [7, 11) is 2.04. The molecule has 4 heteroatoms. The highest BCUT2D eigenvalue weighted by Crippen LogP contribution is 2.27. The van der Waals surface area contributed by atoms with Crippen molar-refractivity contribution in [1.82, 2.24) is 4.90 Å². The van der Waals surface area contributed by atoms with Gasteiger partial charge in [-0.3, -0.25) is 4.90 Å². The molecular weight excluding hydrogens is 307 g/mol. The Hall–Kier alpha value is -0.920. The maximum Gasteiger partial charge on any atom is 0.127 e. The monoisotopic (exact) mass is 324 g/mol. The van der Waals surface area contributed by atoms with Crippen LogP contribution in [0.15, 0.2) is 22.7 Å². The maximum absolute atomic E-state index is 13.7. The van der Waals surface area contributed by atoms with Crippen LogP contribution < -0.4 is 0 Å². The molecule has 102 valence electrons. The van der Waals surface area contributed by atoms with E-state index in [0.717, 1.165) is 35.7 Å². The molecule has 2 nitrogen and oxygen atoms in total. The number of halogens is 2. The van der Waals surface area contributed by atoms with Crippen LogP contribution in [0.2, 0.25) is 0 Å². The number of hydrogen-bond acceptors (Lipinski definition) is 2. The number of hydrogen-bond donors (Lipinski definition) is 0. The van der Waals surface area contributed by atoms with E-state index < -0.39 is 0 Å². The first-order valence-electron chi connectivity index (χ1n) is 6.64. The molecule has 0 aromatic heterocycles. The van der Waals surface area contributed by atoms with Crippen molar-refractivity contribution in [2.24, 2.45) is 5.92 Å². The van der Waals surface area contributed by atoms with E-state index in [2.05, 4.69) is 26.9 Å². The van der Waals surface area contributed by atoms with Crippen molar-refractivity contribution in [1.29, 1.82) is 5.26 Å². The number of rotatable bonds is 3. The van der Waals surface area contributed by atoms with Gasteiger partial charge in [0.2, 0.25) is 0 Å². The molecule has 2 rings (SSSR count).